The lowest BCUT2D eigenvalue weighted by Gasteiger charge is -1.90. The van der Waals surface area contributed by atoms with E-state index in [9.17, 15) is 4.79 Å². The Hall–Kier alpha value is -3.13. The summed E-state index contributed by atoms with van der Waals surface area (Å²) in [5, 5.41) is 0. The number of hydrogen-bond acceptors (Lipinski definition) is 2. The Morgan fingerprint density at radius 1 is 0.714 bits per heavy atom. The molecule has 0 saturated carbocycles. The van der Waals surface area contributed by atoms with E-state index in [-0.39, 0.29) is 5.97 Å². The Kier molecular flexibility index (Phi) is 15.4. The number of aryl methyl sites for hydroxylation is 3. The Bertz CT molecular complexity index is 646. The molecule has 0 radical (unpaired) electrons. The van der Waals surface area contributed by atoms with E-state index < -0.39 is 0 Å². The van der Waals surface area contributed by atoms with E-state index in [0.29, 0.717) is 6.61 Å². The van der Waals surface area contributed by atoms with Gasteiger partial charge in [0.2, 0.25) is 0 Å². The molecule has 0 heterocycles. The summed E-state index contributed by atoms with van der Waals surface area (Å²) in [5.41, 5.74) is 3.97. The van der Waals surface area contributed by atoms with Crippen LogP contribution < -0.4 is 0 Å². The maximum Gasteiger partial charge on any atom is 0.330 e. The summed E-state index contributed by atoms with van der Waals surface area (Å²) >= 11 is 0. The lowest BCUT2D eigenvalue weighted by atomic mass is 10.2. The normalized spacial score (nSPS) is 8.43. The van der Waals surface area contributed by atoms with Crippen molar-refractivity contribution in [1.29, 1.82) is 0 Å². The van der Waals surface area contributed by atoms with E-state index >= 15 is 0 Å². The first-order chi connectivity index (χ1) is 13.5. The van der Waals surface area contributed by atoms with Crippen LogP contribution in [-0.2, 0) is 9.53 Å². The van der Waals surface area contributed by atoms with Gasteiger partial charge >= 0.3 is 5.97 Å². The topological polar surface area (TPSA) is 26.3 Å². The molecule has 2 heteroatoms. The van der Waals surface area contributed by atoms with Gasteiger partial charge in [0.15, 0.2) is 0 Å². The molecule has 0 spiro atoms. The summed E-state index contributed by atoms with van der Waals surface area (Å²) < 4.78 is 4.43. The van der Waals surface area contributed by atoms with Gasteiger partial charge in [0.05, 0.1) is 6.61 Å². The third kappa shape index (κ3) is 16.3. The van der Waals surface area contributed by atoms with Crippen molar-refractivity contribution in [1.82, 2.24) is 0 Å². The van der Waals surface area contributed by atoms with Gasteiger partial charge in [-0.1, -0.05) is 114 Å². The molecule has 28 heavy (non-hydrogen) atoms. The largest absolute Gasteiger partial charge is 0.463 e. The second-order valence-corrected chi connectivity index (χ2v) is 5.92. The van der Waals surface area contributed by atoms with Crippen LogP contribution in [0.3, 0.4) is 0 Å². The van der Waals surface area contributed by atoms with Crippen LogP contribution in [-0.4, -0.2) is 12.6 Å². The number of rotatable bonds is 2. The predicted octanol–water partition coefficient (Wildman–Crippen LogP) is 6.72. The van der Waals surface area contributed by atoms with Crippen molar-refractivity contribution in [3.05, 3.63) is 120 Å². The minimum Gasteiger partial charge on any atom is -0.463 e. The molecule has 0 aliphatic rings. The molecule has 0 fully saturated rings. The van der Waals surface area contributed by atoms with Crippen LogP contribution >= 0.6 is 0 Å². The van der Waals surface area contributed by atoms with E-state index in [2.05, 4.69) is 68.5 Å². The van der Waals surface area contributed by atoms with Crippen LogP contribution in [0.5, 0.6) is 0 Å². The molecule has 0 aliphatic heterocycles. The van der Waals surface area contributed by atoms with Gasteiger partial charge in [0.25, 0.3) is 0 Å². The molecular formula is C26H32O2. The van der Waals surface area contributed by atoms with Crippen molar-refractivity contribution in [3.8, 4) is 0 Å². The van der Waals surface area contributed by atoms with E-state index in [1.165, 1.54) is 16.7 Å². The molecule has 0 unspecified atom stereocenters. The molecule has 0 saturated heterocycles. The van der Waals surface area contributed by atoms with Gasteiger partial charge in [-0.25, -0.2) is 4.79 Å². The molecule has 3 aromatic rings. The second kappa shape index (κ2) is 17.3. The number of ether oxygens (including phenoxy) is 1. The molecule has 3 rings (SSSR count). The zero-order valence-corrected chi connectivity index (χ0v) is 17.5. The van der Waals surface area contributed by atoms with E-state index in [0.717, 1.165) is 6.08 Å². The summed E-state index contributed by atoms with van der Waals surface area (Å²) in [7, 11) is 0. The Morgan fingerprint density at radius 2 is 1.00 bits per heavy atom. The van der Waals surface area contributed by atoms with Crippen molar-refractivity contribution in [3.63, 3.8) is 0 Å². The van der Waals surface area contributed by atoms with Gasteiger partial charge in [-0.05, 0) is 27.7 Å². The molecule has 0 atom stereocenters. The zero-order valence-electron chi connectivity index (χ0n) is 17.5. The lowest BCUT2D eigenvalue weighted by Crippen LogP contribution is -1.97. The highest BCUT2D eigenvalue weighted by Crippen LogP contribution is 1.93. The summed E-state index contributed by atoms with van der Waals surface area (Å²) in [6.45, 7) is 11.6. The van der Waals surface area contributed by atoms with Crippen molar-refractivity contribution in [2.24, 2.45) is 0 Å². The minimum atomic E-state index is -0.359. The SMILES string of the molecule is C=CC(=O)OCC.Cc1ccccc1.Cc1ccccc1.Cc1ccccc1. The molecule has 0 N–H and O–H groups in total. The first-order valence-electron chi connectivity index (χ1n) is 9.33. The quantitative estimate of drug-likeness (QED) is 0.366. The van der Waals surface area contributed by atoms with Crippen molar-refractivity contribution in [2.45, 2.75) is 27.7 Å². The highest BCUT2D eigenvalue weighted by atomic mass is 16.5. The monoisotopic (exact) mass is 376 g/mol. The van der Waals surface area contributed by atoms with Crippen molar-refractivity contribution >= 4 is 5.97 Å². The van der Waals surface area contributed by atoms with Crippen molar-refractivity contribution in [2.75, 3.05) is 6.61 Å². The highest BCUT2D eigenvalue weighted by molar-refractivity contribution is 5.81. The average molecular weight is 377 g/mol. The number of carbonyl (C=O) groups is 1. The first kappa shape index (κ1) is 24.9. The fourth-order valence-corrected chi connectivity index (χ4v) is 1.80. The molecule has 0 amide bonds. The lowest BCUT2D eigenvalue weighted by molar-refractivity contribution is -0.137. The smallest absolute Gasteiger partial charge is 0.330 e. The standard InChI is InChI=1S/3C7H8.C5H8O2/c3*1-7-5-3-2-4-6-7;1-3-5(6)7-4-2/h3*2-6H,1H3;3H,1,4H2,2H3. The van der Waals surface area contributed by atoms with Crippen molar-refractivity contribution < 1.29 is 9.53 Å². The van der Waals surface area contributed by atoms with Gasteiger partial charge < -0.3 is 4.74 Å². The number of esters is 1. The maximum absolute atomic E-state index is 10.1. The molecule has 0 aliphatic carbocycles. The fraction of sp³-hybridized carbons (Fsp3) is 0.192. The number of benzene rings is 3. The van der Waals surface area contributed by atoms with Crippen LogP contribution in [0.25, 0.3) is 0 Å². The van der Waals surface area contributed by atoms with Crippen LogP contribution in [0.4, 0.5) is 0 Å². The third-order valence-corrected chi connectivity index (χ3v) is 3.27. The number of carbonyl (C=O) groups excluding carboxylic acids is 1. The van der Waals surface area contributed by atoms with Gasteiger partial charge in [-0.2, -0.15) is 0 Å². The molecule has 0 aromatic heterocycles. The molecule has 0 bridgehead atoms. The average Bonchev–Trinajstić information content (AvgIpc) is 2.71. The van der Waals surface area contributed by atoms with Crippen LogP contribution in [0.1, 0.15) is 23.6 Å². The molecular weight excluding hydrogens is 344 g/mol. The Morgan fingerprint density at radius 3 is 1.11 bits per heavy atom. The summed E-state index contributed by atoms with van der Waals surface area (Å²) in [4.78, 5) is 10.1. The Balaban J connectivity index is 0.000000347. The van der Waals surface area contributed by atoms with E-state index in [4.69, 9.17) is 0 Å². The predicted molar refractivity (Wildman–Crippen MR) is 120 cm³/mol. The maximum atomic E-state index is 10.1. The first-order valence-corrected chi connectivity index (χ1v) is 9.33. The minimum absolute atomic E-state index is 0.359. The summed E-state index contributed by atoms with van der Waals surface area (Å²) in [6.07, 6.45) is 1.14. The summed E-state index contributed by atoms with van der Waals surface area (Å²) in [6, 6.07) is 30.8. The fourth-order valence-electron chi connectivity index (χ4n) is 1.80. The highest BCUT2D eigenvalue weighted by Gasteiger charge is 1.86. The number of hydrogen-bond donors (Lipinski definition) is 0. The van der Waals surface area contributed by atoms with Gasteiger partial charge in [-0.3, -0.25) is 0 Å². The summed E-state index contributed by atoms with van der Waals surface area (Å²) in [5.74, 6) is -0.359. The van der Waals surface area contributed by atoms with E-state index in [1.807, 2.05) is 54.6 Å². The van der Waals surface area contributed by atoms with Crippen LogP contribution in [0.15, 0.2) is 104 Å². The van der Waals surface area contributed by atoms with E-state index in [1.54, 1.807) is 6.92 Å². The second-order valence-electron chi connectivity index (χ2n) is 5.92. The van der Waals surface area contributed by atoms with Gasteiger partial charge in [-0.15, -0.1) is 0 Å². The molecule has 3 aromatic carbocycles. The zero-order chi connectivity index (χ0) is 21.0. The molecule has 2 nitrogen and oxygen atoms in total. The van der Waals surface area contributed by atoms with Gasteiger partial charge in [0.1, 0.15) is 0 Å². The van der Waals surface area contributed by atoms with Gasteiger partial charge in [0, 0.05) is 6.08 Å². The van der Waals surface area contributed by atoms with Crippen LogP contribution in [0.2, 0.25) is 0 Å². The van der Waals surface area contributed by atoms with Crippen LogP contribution in [0, 0.1) is 20.8 Å². The Labute approximate surface area is 170 Å². The third-order valence-electron chi connectivity index (χ3n) is 3.27. The molecule has 148 valence electrons.